The minimum atomic E-state index is 0.865. The van der Waals surface area contributed by atoms with Gasteiger partial charge in [-0.05, 0) is 50.1 Å². The van der Waals surface area contributed by atoms with Crippen LogP contribution in [-0.2, 0) is 19.5 Å². The van der Waals surface area contributed by atoms with Crippen molar-refractivity contribution in [3.8, 4) is 5.75 Å². The minimum Gasteiger partial charge on any atom is -0.497 e. The van der Waals surface area contributed by atoms with Crippen LogP contribution < -0.4 is 10.1 Å². The minimum absolute atomic E-state index is 0.865. The predicted octanol–water partition coefficient (Wildman–Crippen LogP) is 2.55. The lowest BCUT2D eigenvalue weighted by Crippen LogP contribution is -2.19. The van der Waals surface area contributed by atoms with Gasteiger partial charge in [-0.3, -0.25) is 4.68 Å². The van der Waals surface area contributed by atoms with Gasteiger partial charge in [-0.1, -0.05) is 12.1 Å². The van der Waals surface area contributed by atoms with E-state index in [1.54, 1.807) is 7.11 Å². The number of ether oxygens (including phenoxy) is 1. The summed E-state index contributed by atoms with van der Waals surface area (Å²) in [5.41, 5.74) is 3.82. The summed E-state index contributed by atoms with van der Waals surface area (Å²) in [5, 5.41) is 7.84. The van der Waals surface area contributed by atoms with Crippen LogP contribution >= 0.6 is 0 Å². The Kier molecular flexibility index (Phi) is 5.18. The number of nitrogens with one attached hydrogen (secondary N) is 1. The molecule has 2 aromatic rings. The molecule has 4 nitrogen and oxygen atoms in total. The number of aryl methyl sites for hydroxylation is 2. The van der Waals surface area contributed by atoms with Gasteiger partial charge in [0.05, 0.1) is 19.0 Å². The van der Waals surface area contributed by atoms with Crippen molar-refractivity contribution in [1.29, 1.82) is 0 Å². The van der Waals surface area contributed by atoms with Crippen LogP contribution in [0.2, 0.25) is 0 Å². The number of benzene rings is 1. The highest BCUT2D eigenvalue weighted by Crippen LogP contribution is 2.12. The molecule has 0 spiro atoms. The van der Waals surface area contributed by atoms with E-state index < -0.39 is 0 Å². The Morgan fingerprint density at radius 3 is 2.95 bits per heavy atom. The Morgan fingerprint density at radius 2 is 2.20 bits per heavy atom. The van der Waals surface area contributed by atoms with Gasteiger partial charge in [0.1, 0.15) is 5.75 Å². The second kappa shape index (κ2) is 7.10. The zero-order valence-corrected chi connectivity index (χ0v) is 12.5. The second-order valence-electron chi connectivity index (χ2n) is 4.87. The van der Waals surface area contributed by atoms with Gasteiger partial charge in [0.15, 0.2) is 0 Å². The highest BCUT2D eigenvalue weighted by Gasteiger charge is 2.05. The van der Waals surface area contributed by atoms with Crippen LogP contribution in [0.25, 0.3) is 0 Å². The van der Waals surface area contributed by atoms with Crippen molar-refractivity contribution in [2.24, 2.45) is 0 Å². The Balaban J connectivity index is 1.82. The molecule has 2 rings (SSSR count). The monoisotopic (exact) mass is 273 g/mol. The van der Waals surface area contributed by atoms with E-state index in [9.17, 15) is 0 Å². The number of hydrogen-bond acceptors (Lipinski definition) is 3. The van der Waals surface area contributed by atoms with Gasteiger partial charge < -0.3 is 10.1 Å². The van der Waals surface area contributed by atoms with Crippen molar-refractivity contribution in [2.75, 3.05) is 13.7 Å². The van der Waals surface area contributed by atoms with E-state index in [1.165, 1.54) is 16.8 Å². The van der Waals surface area contributed by atoms with E-state index in [1.807, 2.05) is 23.0 Å². The zero-order chi connectivity index (χ0) is 14.4. The number of nitrogens with zero attached hydrogens (tertiary/aromatic N) is 2. The van der Waals surface area contributed by atoms with Crippen LogP contribution in [-0.4, -0.2) is 23.4 Å². The van der Waals surface area contributed by atoms with Gasteiger partial charge in [0.25, 0.3) is 0 Å². The molecular weight excluding hydrogens is 250 g/mol. The van der Waals surface area contributed by atoms with Crippen LogP contribution in [0, 0.1) is 6.92 Å². The van der Waals surface area contributed by atoms with Crippen LogP contribution in [0.15, 0.2) is 30.5 Å². The van der Waals surface area contributed by atoms with E-state index in [0.717, 1.165) is 31.8 Å². The fourth-order valence-electron chi connectivity index (χ4n) is 2.27. The predicted molar refractivity (Wildman–Crippen MR) is 81.0 cm³/mol. The van der Waals surface area contributed by atoms with E-state index >= 15 is 0 Å². The number of methoxy groups -OCH3 is 1. The molecule has 1 aromatic heterocycles. The Labute approximate surface area is 120 Å². The fourth-order valence-corrected chi connectivity index (χ4v) is 2.27. The summed E-state index contributed by atoms with van der Waals surface area (Å²) in [6.45, 7) is 6.95. The molecule has 0 saturated heterocycles. The molecule has 108 valence electrons. The summed E-state index contributed by atoms with van der Waals surface area (Å²) in [4.78, 5) is 0. The van der Waals surface area contributed by atoms with Crippen molar-refractivity contribution in [1.82, 2.24) is 15.1 Å². The topological polar surface area (TPSA) is 39.1 Å². The second-order valence-corrected chi connectivity index (χ2v) is 4.87. The first-order chi connectivity index (χ1) is 9.74. The smallest absolute Gasteiger partial charge is 0.119 e. The Hall–Kier alpha value is -1.81. The van der Waals surface area contributed by atoms with Gasteiger partial charge in [0, 0.05) is 13.1 Å². The van der Waals surface area contributed by atoms with Crippen LogP contribution in [0.4, 0.5) is 0 Å². The quantitative estimate of drug-likeness (QED) is 0.788. The lowest BCUT2D eigenvalue weighted by Gasteiger charge is -2.09. The van der Waals surface area contributed by atoms with Crippen LogP contribution in [0.1, 0.15) is 23.7 Å². The summed E-state index contributed by atoms with van der Waals surface area (Å²) < 4.78 is 7.28. The largest absolute Gasteiger partial charge is 0.497 e. The van der Waals surface area contributed by atoms with Crippen molar-refractivity contribution >= 4 is 0 Å². The van der Waals surface area contributed by atoms with Crippen molar-refractivity contribution in [3.63, 3.8) is 0 Å². The maximum atomic E-state index is 5.23. The summed E-state index contributed by atoms with van der Waals surface area (Å²) in [5.74, 6) is 0.919. The molecule has 1 N–H and O–H groups in total. The molecule has 0 aliphatic heterocycles. The summed E-state index contributed by atoms with van der Waals surface area (Å²) in [7, 11) is 1.70. The molecular formula is C16H23N3O. The van der Waals surface area contributed by atoms with E-state index in [0.29, 0.717) is 0 Å². The number of rotatable bonds is 7. The van der Waals surface area contributed by atoms with E-state index in [4.69, 9.17) is 4.74 Å². The average molecular weight is 273 g/mol. The zero-order valence-electron chi connectivity index (χ0n) is 12.5. The maximum absolute atomic E-state index is 5.23. The van der Waals surface area contributed by atoms with Gasteiger partial charge in [-0.25, -0.2) is 0 Å². The van der Waals surface area contributed by atoms with Crippen molar-refractivity contribution in [2.45, 2.75) is 33.4 Å². The Morgan fingerprint density at radius 1 is 1.35 bits per heavy atom. The molecule has 0 fully saturated rings. The molecule has 0 unspecified atom stereocenters. The third kappa shape index (κ3) is 3.61. The highest BCUT2D eigenvalue weighted by atomic mass is 16.5. The van der Waals surface area contributed by atoms with E-state index in [-0.39, 0.29) is 0 Å². The van der Waals surface area contributed by atoms with Crippen LogP contribution in [0.3, 0.4) is 0 Å². The molecule has 0 radical (unpaired) electrons. The normalized spacial score (nSPS) is 10.8. The lowest BCUT2D eigenvalue weighted by molar-refractivity contribution is 0.414. The molecule has 20 heavy (non-hydrogen) atoms. The first kappa shape index (κ1) is 14.6. The highest BCUT2D eigenvalue weighted by molar-refractivity contribution is 5.28. The Bertz CT molecular complexity index is 548. The third-order valence-electron chi connectivity index (χ3n) is 3.47. The van der Waals surface area contributed by atoms with Gasteiger partial charge >= 0.3 is 0 Å². The standard InChI is InChI=1S/C16H23N3O/c1-4-19-16(13(2)11-18-19)12-17-9-8-14-6-5-7-15(10-14)20-3/h5-7,10-11,17H,4,8-9,12H2,1-3H3. The molecule has 1 aromatic carbocycles. The molecule has 4 heteroatoms. The van der Waals surface area contributed by atoms with Crippen LogP contribution in [0.5, 0.6) is 5.75 Å². The molecule has 0 saturated carbocycles. The molecule has 0 amide bonds. The number of hydrogen-bond donors (Lipinski definition) is 1. The molecule has 1 heterocycles. The van der Waals surface area contributed by atoms with Gasteiger partial charge in [-0.2, -0.15) is 5.10 Å². The fraction of sp³-hybridized carbons (Fsp3) is 0.438. The van der Waals surface area contributed by atoms with Gasteiger partial charge in [-0.15, -0.1) is 0 Å². The summed E-state index contributed by atoms with van der Waals surface area (Å²) >= 11 is 0. The average Bonchev–Trinajstić information content (AvgIpc) is 2.84. The third-order valence-corrected chi connectivity index (χ3v) is 3.47. The molecule has 0 aliphatic rings. The lowest BCUT2D eigenvalue weighted by atomic mass is 10.1. The number of aromatic nitrogens is 2. The first-order valence-corrected chi connectivity index (χ1v) is 7.09. The first-order valence-electron chi connectivity index (χ1n) is 7.09. The summed E-state index contributed by atoms with van der Waals surface area (Å²) in [6.07, 6.45) is 2.93. The molecule has 0 atom stereocenters. The molecule has 0 aliphatic carbocycles. The SMILES string of the molecule is CCn1ncc(C)c1CNCCc1cccc(OC)c1. The summed E-state index contributed by atoms with van der Waals surface area (Å²) in [6, 6.07) is 8.22. The molecule has 0 bridgehead atoms. The maximum Gasteiger partial charge on any atom is 0.119 e. The van der Waals surface area contributed by atoms with Crippen molar-refractivity contribution in [3.05, 3.63) is 47.3 Å². The van der Waals surface area contributed by atoms with Gasteiger partial charge in [0.2, 0.25) is 0 Å². The van der Waals surface area contributed by atoms with E-state index in [2.05, 4.69) is 36.4 Å². The van der Waals surface area contributed by atoms with Crippen molar-refractivity contribution < 1.29 is 4.74 Å².